The summed E-state index contributed by atoms with van der Waals surface area (Å²) in [5.41, 5.74) is 0.976. The van der Waals surface area contributed by atoms with E-state index in [0.29, 0.717) is 6.61 Å². The van der Waals surface area contributed by atoms with Crippen molar-refractivity contribution in [2.24, 2.45) is 0 Å². The molecule has 0 aliphatic carbocycles. The van der Waals surface area contributed by atoms with Gasteiger partial charge in [0.25, 0.3) is 11.6 Å². The lowest BCUT2D eigenvalue weighted by molar-refractivity contribution is -0.383. The van der Waals surface area contributed by atoms with Crippen molar-refractivity contribution in [3.63, 3.8) is 0 Å². The van der Waals surface area contributed by atoms with Crippen molar-refractivity contribution in [3.8, 4) is 0 Å². The topological polar surface area (TPSA) is 108 Å². The lowest BCUT2D eigenvalue weighted by atomic mass is 10.1. The Hall–Kier alpha value is -3.26. The summed E-state index contributed by atoms with van der Waals surface area (Å²) in [6.45, 7) is 1.81. The highest BCUT2D eigenvalue weighted by atomic mass is 16.6. The molecule has 0 saturated carbocycles. The number of nitrogens with one attached hydrogen (secondary N) is 1. The number of carbonyl (C=O) groups is 2. The van der Waals surface area contributed by atoms with E-state index in [2.05, 4.69) is 5.32 Å². The molecule has 1 atom stereocenters. The van der Waals surface area contributed by atoms with E-state index in [-0.39, 0.29) is 16.9 Å². The van der Waals surface area contributed by atoms with Gasteiger partial charge in [0.15, 0.2) is 6.10 Å². The minimum Gasteiger partial charge on any atom is -0.449 e. The van der Waals surface area contributed by atoms with Crippen LogP contribution in [0.25, 0.3) is 0 Å². The van der Waals surface area contributed by atoms with Gasteiger partial charge < -0.3 is 14.8 Å². The van der Waals surface area contributed by atoms with E-state index in [4.69, 9.17) is 9.47 Å². The molecule has 0 radical (unpaired) electrons. The van der Waals surface area contributed by atoms with Crippen LogP contribution in [-0.2, 0) is 20.9 Å². The van der Waals surface area contributed by atoms with Gasteiger partial charge in [0.2, 0.25) is 0 Å². The maximum absolute atomic E-state index is 12.2. The Morgan fingerprint density at radius 2 is 1.81 bits per heavy atom. The zero-order chi connectivity index (χ0) is 19.1. The summed E-state index contributed by atoms with van der Waals surface area (Å²) in [6.07, 6.45) is -1.12. The van der Waals surface area contributed by atoms with E-state index in [1.54, 1.807) is 37.4 Å². The minimum atomic E-state index is -1.12. The van der Waals surface area contributed by atoms with Gasteiger partial charge in [0, 0.05) is 13.2 Å². The molecule has 2 rings (SSSR count). The van der Waals surface area contributed by atoms with Crippen LogP contribution in [0.5, 0.6) is 0 Å². The van der Waals surface area contributed by atoms with Crippen LogP contribution >= 0.6 is 0 Å². The Bertz CT molecular complexity index is 804. The van der Waals surface area contributed by atoms with Crippen molar-refractivity contribution in [3.05, 3.63) is 69.8 Å². The fourth-order valence-corrected chi connectivity index (χ4v) is 2.16. The molecule has 1 N–H and O–H groups in total. The first-order valence-electron chi connectivity index (χ1n) is 7.75. The van der Waals surface area contributed by atoms with E-state index in [1.807, 2.05) is 0 Å². The highest BCUT2D eigenvalue weighted by Crippen LogP contribution is 2.23. The number of hydrogen-bond acceptors (Lipinski definition) is 6. The van der Waals surface area contributed by atoms with Gasteiger partial charge in [-0.3, -0.25) is 14.9 Å². The van der Waals surface area contributed by atoms with E-state index in [9.17, 15) is 19.7 Å². The molecule has 1 amide bonds. The molecule has 0 aromatic heterocycles. The smallest absolute Gasteiger partial charge is 0.338 e. The summed E-state index contributed by atoms with van der Waals surface area (Å²) in [7, 11) is 1.57. The van der Waals surface area contributed by atoms with Crippen molar-refractivity contribution in [2.75, 3.05) is 12.4 Å². The average molecular weight is 358 g/mol. The zero-order valence-electron chi connectivity index (χ0n) is 14.3. The fourth-order valence-electron chi connectivity index (χ4n) is 2.16. The number of nitro benzene ring substituents is 1. The Morgan fingerprint density at radius 3 is 2.42 bits per heavy atom. The molecular formula is C18H18N2O6. The van der Waals surface area contributed by atoms with Crippen molar-refractivity contribution in [2.45, 2.75) is 19.6 Å². The molecule has 2 aromatic rings. The number of amides is 1. The summed E-state index contributed by atoms with van der Waals surface area (Å²) in [5.74, 6) is -1.33. The molecule has 136 valence electrons. The summed E-state index contributed by atoms with van der Waals surface area (Å²) in [5, 5.41) is 13.4. The quantitative estimate of drug-likeness (QED) is 0.463. The monoisotopic (exact) mass is 358 g/mol. The second-order valence-corrected chi connectivity index (χ2v) is 5.44. The number of anilines is 1. The molecule has 0 saturated heterocycles. The average Bonchev–Trinajstić information content (AvgIpc) is 2.62. The Balaban J connectivity index is 2.00. The number of benzene rings is 2. The number of hydrogen-bond donors (Lipinski definition) is 1. The maximum atomic E-state index is 12.2. The normalized spacial score (nSPS) is 11.5. The first-order valence-corrected chi connectivity index (χ1v) is 7.75. The van der Waals surface area contributed by atoms with Gasteiger partial charge in [-0.1, -0.05) is 24.3 Å². The van der Waals surface area contributed by atoms with E-state index in [1.165, 1.54) is 25.1 Å². The van der Waals surface area contributed by atoms with Crippen LogP contribution in [-0.4, -0.2) is 30.0 Å². The zero-order valence-corrected chi connectivity index (χ0v) is 14.3. The van der Waals surface area contributed by atoms with Gasteiger partial charge in [0.05, 0.1) is 17.1 Å². The number of nitro groups is 1. The van der Waals surface area contributed by atoms with Crippen molar-refractivity contribution in [1.29, 1.82) is 0 Å². The predicted octanol–water partition coefficient (Wildman–Crippen LogP) is 2.93. The first kappa shape index (κ1) is 19.1. The van der Waals surface area contributed by atoms with E-state index >= 15 is 0 Å². The number of esters is 1. The second kappa shape index (κ2) is 8.72. The summed E-state index contributed by atoms with van der Waals surface area (Å²) in [4.78, 5) is 34.6. The fraction of sp³-hybridized carbons (Fsp3) is 0.222. The van der Waals surface area contributed by atoms with Crippen molar-refractivity contribution >= 4 is 23.3 Å². The number of nitrogens with zero attached hydrogens (tertiary/aromatic N) is 1. The molecule has 26 heavy (non-hydrogen) atoms. The van der Waals surface area contributed by atoms with Gasteiger partial charge in [-0.25, -0.2) is 4.79 Å². The maximum Gasteiger partial charge on any atom is 0.338 e. The SMILES string of the molecule is COCc1ccc(C(=O)OC(C)C(=O)Nc2ccccc2[N+](=O)[O-])cc1. The standard InChI is InChI=1S/C18H18N2O6/c1-12(17(21)19-15-5-3-4-6-16(15)20(23)24)26-18(22)14-9-7-13(8-10-14)11-25-2/h3-10,12H,11H2,1-2H3,(H,19,21). The molecule has 8 heteroatoms. The number of methoxy groups -OCH3 is 1. The third-order valence-electron chi connectivity index (χ3n) is 3.51. The van der Waals surface area contributed by atoms with Crippen molar-refractivity contribution < 1.29 is 24.0 Å². The van der Waals surface area contributed by atoms with E-state index in [0.717, 1.165) is 5.56 Å². The van der Waals surface area contributed by atoms with Gasteiger partial charge >= 0.3 is 5.97 Å². The summed E-state index contributed by atoms with van der Waals surface area (Å²) >= 11 is 0. The Kier molecular flexibility index (Phi) is 6.40. The highest BCUT2D eigenvalue weighted by Gasteiger charge is 2.22. The minimum absolute atomic E-state index is 0.0364. The summed E-state index contributed by atoms with van der Waals surface area (Å²) < 4.78 is 10.1. The second-order valence-electron chi connectivity index (χ2n) is 5.44. The molecule has 0 bridgehead atoms. The van der Waals surface area contributed by atoms with Crippen LogP contribution in [0.15, 0.2) is 48.5 Å². The van der Waals surface area contributed by atoms with Gasteiger partial charge in [0.1, 0.15) is 5.69 Å². The van der Waals surface area contributed by atoms with Crippen LogP contribution in [0.2, 0.25) is 0 Å². The molecule has 0 fully saturated rings. The lowest BCUT2D eigenvalue weighted by Crippen LogP contribution is -2.30. The largest absolute Gasteiger partial charge is 0.449 e. The lowest BCUT2D eigenvalue weighted by Gasteiger charge is -2.13. The molecule has 0 aliphatic heterocycles. The van der Waals surface area contributed by atoms with Crippen LogP contribution < -0.4 is 5.32 Å². The predicted molar refractivity (Wildman–Crippen MR) is 93.8 cm³/mol. The Labute approximate surface area is 149 Å². The third-order valence-corrected chi connectivity index (χ3v) is 3.51. The van der Waals surface area contributed by atoms with Gasteiger partial charge in [-0.2, -0.15) is 0 Å². The van der Waals surface area contributed by atoms with Gasteiger partial charge in [-0.15, -0.1) is 0 Å². The molecule has 2 aromatic carbocycles. The van der Waals surface area contributed by atoms with Gasteiger partial charge in [-0.05, 0) is 30.7 Å². The van der Waals surface area contributed by atoms with Crippen LogP contribution in [0.4, 0.5) is 11.4 Å². The molecule has 0 aliphatic rings. The van der Waals surface area contributed by atoms with Crippen LogP contribution in [0.3, 0.4) is 0 Å². The van der Waals surface area contributed by atoms with E-state index < -0.39 is 22.9 Å². The van der Waals surface area contributed by atoms with Crippen molar-refractivity contribution in [1.82, 2.24) is 0 Å². The molecule has 0 heterocycles. The third kappa shape index (κ3) is 4.87. The number of carbonyl (C=O) groups excluding carboxylic acids is 2. The highest BCUT2D eigenvalue weighted by molar-refractivity contribution is 5.98. The summed E-state index contributed by atoms with van der Waals surface area (Å²) in [6, 6.07) is 12.3. The molecular weight excluding hydrogens is 340 g/mol. The number of rotatable bonds is 7. The number of para-hydroxylation sites is 2. The first-order chi connectivity index (χ1) is 12.4. The Morgan fingerprint density at radius 1 is 1.15 bits per heavy atom. The number of ether oxygens (including phenoxy) is 2. The molecule has 8 nitrogen and oxygen atoms in total. The molecule has 1 unspecified atom stereocenters. The molecule has 0 spiro atoms. The van der Waals surface area contributed by atoms with Crippen LogP contribution in [0, 0.1) is 10.1 Å². The van der Waals surface area contributed by atoms with Crippen LogP contribution in [0.1, 0.15) is 22.8 Å².